The second kappa shape index (κ2) is 5.81. The van der Waals surface area contributed by atoms with E-state index in [2.05, 4.69) is 0 Å². The van der Waals surface area contributed by atoms with Crippen LogP contribution in [0.2, 0.25) is 0 Å². The van der Waals surface area contributed by atoms with Gasteiger partial charge in [-0.3, -0.25) is 9.13 Å². The second-order valence-corrected chi connectivity index (χ2v) is 6.11. The molecular formula is C6H14O6P2. The molecule has 0 aliphatic carbocycles. The van der Waals surface area contributed by atoms with Gasteiger partial charge in [0.25, 0.3) is 0 Å². The van der Waals surface area contributed by atoms with Crippen LogP contribution < -0.4 is 0 Å². The third-order valence-electron chi connectivity index (χ3n) is 1.37. The van der Waals surface area contributed by atoms with E-state index in [1.807, 2.05) is 0 Å². The molecule has 8 heteroatoms. The quantitative estimate of drug-likeness (QED) is 0.409. The Kier molecular flexibility index (Phi) is 5.83. The van der Waals surface area contributed by atoms with Crippen LogP contribution in [-0.4, -0.2) is 25.7 Å². The summed E-state index contributed by atoms with van der Waals surface area (Å²) >= 11 is 0. The lowest BCUT2D eigenvalue weighted by atomic mass is 10.2. The van der Waals surface area contributed by atoms with Crippen molar-refractivity contribution in [2.24, 2.45) is 0 Å². The van der Waals surface area contributed by atoms with Gasteiger partial charge < -0.3 is 19.6 Å². The summed E-state index contributed by atoms with van der Waals surface area (Å²) in [7, 11) is -8.01. The van der Waals surface area contributed by atoms with E-state index in [0.29, 0.717) is 19.3 Å². The van der Waals surface area contributed by atoms with Gasteiger partial charge in [0, 0.05) is 12.0 Å². The highest BCUT2D eigenvalue weighted by Crippen LogP contribution is 2.37. The van der Waals surface area contributed by atoms with Crippen LogP contribution in [0.1, 0.15) is 19.3 Å². The minimum atomic E-state index is -4.08. The van der Waals surface area contributed by atoms with Gasteiger partial charge in [-0.15, -0.1) is 0 Å². The van der Waals surface area contributed by atoms with Gasteiger partial charge in [0.2, 0.25) is 0 Å². The maximum Gasteiger partial charge on any atom is 0.348 e. The number of unbranched alkanes of at least 4 members (excludes halogenated alkanes) is 2. The van der Waals surface area contributed by atoms with Crippen molar-refractivity contribution in [3.05, 3.63) is 11.9 Å². The SMILES string of the molecule is O=P(O)(O)C=CCCCCP(=O)(O)O. The van der Waals surface area contributed by atoms with Gasteiger partial charge in [0.05, 0.1) is 0 Å². The largest absolute Gasteiger partial charge is 0.348 e. The molecule has 0 aliphatic rings. The summed E-state index contributed by atoms with van der Waals surface area (Å²) in [4.78, 5) is 33.8. The van der Waals surface area contributed by atoms with Crippen molar-refractivity contribution >= 4 is 15.2 Å². The highest BCUT2D eigenvalue weighted by molar-refractivity contribution is 7.55. The molecule has 0 saturated carbocycles. The van der Waals surface area contributed by atoms with Gasteiger partial charge in [0.15, 0.2) is 0 Å². The molecule has 0 aromatic carbocycles. The van der Waals surface area contributed by atoms with Gasteiger partial charge >= 0.3 is 15.2 Å². The molecule has 4 N–H and O–H groups in total. The smallest absolute Gasteiger partial charge is 0.324 e. The Balaban J connectivity index is 3.54. The van der Waals surface area contributed by atoms with E-state index in [-0.39, 0.29) is 6.16 Å². The van der Waals surface area contributed by atoms with Crippen LogP contribution in [0.3, 0.4) is 0 Å². The number of allylic oxidation sites excluding steroid dienone is 1. The van der Waals surface area contributed by atoms with Gasteiger partial charge in [-0.2, -0.15) is 0 Å². The van der Waals surface area contributed by atoms with Gasteiger partial charge in [-0.25, -0.2) is 0 Å². The van der Waals surface area contributed by atoms with Crippen LogP contribution in [-0.2, 0) is 9.13 Å². The highest BCUT2D eigenvalue weighted by Gasteiger charge is 2.10. The molecular weight excluding hydrogens is 230 g/mol. The van der Waals surface area contributed by atoms with Crippen molar-refractivity contribution in [3.8, 4) is 0 Å². The fourth-order valence-corrected chi connectivity index (χ4v) is 1.85. The van der Waals surface area contributed by atoms with Crippen LogP contribution >= 0.6 is 15.2 Å². The van der Waals surface area contributed by atoms with E-state index < -0.39 is 15.2 Å². The van der Waals surface area contributed by atoms with E-state index in [1.54, 1.807) is 0 Å². The molecule has 14 heavy (non-hydrogen) atoms. The Labute approximate surface area is 82.0 Å². The standard InChI is InChI=1S/C6H14O6P2/c7-13(8,9)5-3-1-2-4-6-14(10,11)12/h3,5H,1-2,4,6H2,(H2,7,8,9)(H2,10,11,12). The first-order valence-electron chi connectivity index (χ1n) is 3.98. The van der Waals surface area contributed by atoms with Crippen LogP contribution in [0, 0.1) is 0 Å². The van der Waals surface area contributed by atoms with Crippen molar-refractivity contribution < 1.29 is 28.7 Å². The lowest BCUT2D eigenvalue weighted by Crippen LogP contribution is -1.87. The Morgan fingerprint density at radius 3 is 2.00 bits per heavy atom. The summed E-state index contributed by atoms with van der Waals surface area (Å²) < 4.78 is 20.7. The maximum atomic E-state index is 10.4. The summed E-state index contributed by atoms with van der Waals surface area (Å²) in [6.45, 7) is 0. The number of hydrogen-bond acceptors (Lipinski definition) is 2. The third-order valence-corrected chi connectivity index (χ3v) is 2.87. The Morgan fingerprint density at radius 1 is 1.00 bits per heavy atom. The third kappa shape index (κ3) is 12.0. The summed E-state index contributed by atoms with van der Waals surface area (Å²) in [5.74, 6) is 0.796. The Bertz CT molecular complexity index is 274. The molecule has 0 amide bonds. The molecule has 0 aromatic rings. The molecule has 0 aliphatic heterocycles. The Hall–Kier alpha value is 0.0400. The lowest BCUT2D eigenvalue weighted by molar-refractivity contribution is 0.370. The molecule has 0 bridgehead atoms. The van der Waals surface area contributed by atoms with Crippen molar-refractivity contribution in [3.63, 3.8) is 0 Å². The van der Waals surface area contributed by atoms with E-state index in [0.717, 1.165) is 5.82 Å². The van der Waals surface area contributed by atoms with Gasteiger partial charge in [0.1, 0.15) is 0 Å². The Morgan fingerprint density at radius 2 is 1.57 bits per heavy atom. The van der Waals surface area contributed by atoms with Crippen molar-refractivity contribution in [2.45, 2.75) is 19.3 Å². The first-order valence-corrected chi connectivity index (χ1v) is 7.46. The molecule has 0 radical (unpaired) electrons. The predicted octanol–water partition coefficient (Wildman–Crippen LogP) is 1.03. The molecule has 6 nitrogen and oxygen atoms in total. The zero-order valence-corrected chi connectivity index (χ0v) is 9.27. The zero-order chi connectivity index (χ0) is 11.2. The maximum absolute atomic E-state index is 10.4. The van der Waals surface area contributed by atoms with Crippen LogP contribution in [0.5, 0.6) is 0 Å². The average molecular weight is 244 g/mol. The van der Waals surface area contributed by atoms with Crippen LogP contribution in [0.4, 0.5) is 0 Å². The first-order chi connectivity index (χ1) is 6.21. The molecule has 0 saturated heterocycles. The highest BCUT2D eigenvalue weighted by atomic mass is 31.2. The average Bonchev–Trinajstić information content (AvgIpc) is 1.92. The van der Waals surface area contributed by atoms with Gasteiger partial charge in [-0.05, 0) is 19.3 Å². The first kappa shape index (κ1) is 14.0. The molecule has 0 atom stereocenters. The minimum Gasteiger partial charge on any atom is -0.324 e. The van der Waals surface area contributed by atoms with E-state index in [4.69, 9.17) is 19.6 Å². The summed E-state index contributed by atoms with van der Waals surface area (Å²) in [5, 5.41) is 0. The zero-order valence-electron chi connectivity index (χ0n) is 7.48. The fourth-order valence-electron chi connectivity index (χ4n) is 0.792. The number of hydrogen-bond donors (Lipinski definition) is 4. The summed E-state index contributed by atoms with van der Waals surface area (Å²) in [6.07, 6.45) is 2.39. The molecule has 0 heterocycles. The van der Waals surface area contributed by atoms with Crippen LogP contribution in [0.25, 0.3) is 0 Å². The minimum absolute atomic E-state index is 0.184. The van der Waals surface area contributed by atoms with E-state index in [9.17, 15) is 9.13 Å². The van der Waals surface area contributed by atoms with Crippen molar-refractivity contribution in [2.75, 3.05) is 6.16 Å². The topological polar surface area (TPSA) is 115 Å². The molecule has 0 fully saturated rings. The number of rotatable bonds is 6. The normalized spacial score (nSPS) is 13.7. The fraction of sp³-hybridized carbons (Fsp3) is 0.667. The molecule has 0 unspecified atom stereocenters. The van der Waals surface area contributed by atoms with Crippen molar-refractivity contribution in [1.82, 2.24) is 0 Å². The second-order valence-electron chi connectivity index (χ2n) is 2.86. The lowest BCUT2D eigenvalue weighted by Gasteiger charge is -2.01. The summed E-state index contributed by atoms with van der Waals surface area (Å²) in [6, 6.07) is 0. The molecule has 0 aromatic heterocycles. The van der Waals surface area contributed by atoms with Crippen LogP contribution in [0.15, 0.2) is 11.9 Å². The van der Waals surface area contributed by atoms with E-state index in [1.165, 1.54) is 6.08 Å². The van der Waals surface area contributed by atoms with E-state index >= 15 is 0 Å². The predicted molar refractivity (Wildman–Crippen MR) is 51.9 cm³/mol. The monoisotopic (exact) mass is 244 g/mol. The van der Waals surface area contributed by atoms with Gasteiger partial charge in [-0.1, -0.05) is 6.08 Å². The molecule has 0 rings (SSSR count). The summed E-state index contributed by atoms with van der Waals surface area (Å²) in [5.41, 5.74) is 0. The van der Waals surface area contributed by atoms with Crippen molar-refractivity contribution in [1.29, 1.82) is 0 Å². The molecule has 0 spiro atoms. The molecule has 84 valence electrons.